The highest BCUT2D eigenvalue weighted by atomic mass is 16.5. The summed E-state index contributed by atoms with van der Waals surface area (Å²) in [4.78, 5) is 15.5. The first-order chi connectivity index (χ1) is 9.74. The topological polar surface area (TPSA) is 48.4 Å². The van der Waals surface area contributed by atoms with Gasteiger partial charge in [-0.2, -0.15) is 0 Å². The summed E-state index contributed by atoms with van der Waals surface area (Å²) in [7, 11) is 2.83. The second-order valence-electron chi connectivity index (χ2n) is 3.89. The van der Waals surface area contributed by atoms with Crippen molar-refractivity contribution in [1.82, 2.24) is 4.98 Å². The van der Waals surface area contributed by atoms with Crippen LogP contribution in [0.4, 0.5) is 0 Å². The van der Waals surface area contributed by atoms with Crippen LogP contribution in [-0.4, -0.2) is 25.2 Å². The van der Waals surface area contributed by atoms with Gasteiger partial charge >= 0.3 is 5.97 Å². The lowest BCUT2D eigenvalue weighted by molar-refractivity contribution is 0.0597. The zero-order valence-corrected chi connectivity index (χ0v) is 11.2. The molecule has 4 nitrogen and oxygen atoms in total. The van der Waals surface area contributed by atoms with Crippen molar-refractivity contribution in [2.75, 3.05) is 14.2 Å². The minimum absolute atomic E-state index is 0.379. The van der Waals surface area contributed by atoms with Crippen molar-refractivity contribution in [3.63, 3.8) is 0 Å². The minimum Gasteiger partial charge on any atom is -0.496 e. The summed E-state index contributed by atoms with van der Waals surface area (Å²) in [5, 5.41) is 0. The van der Waals surface area contributed by atoms with Crippen LogP contribution < -0.4 is 4.74 Å². The maximum Gasteiger partial charge on any atom is 0.341 e. The van der Waals surface area contributed by atoms with E-state index in [9.17, 15) is 4.79 Å². The Morgan fingerprint density at radius 1 is 1.05 bits per heavy atom. The lowest BCUT2D eigenvalue weighted by atomic mass is 10.1. The van der Waals surface area contributed by atoms with Crippen LogP contribution in [0.15, 0.2) is 42.7 Å². The molecule has 0 saturated heterocycles. The molecule has 0 aliphatic carbocycles. The molecule has 0 saturated carbocycles. The van der Waals surface area contributed by atoms with Crippen molar-refractivity contribution in [3.8, 4) is 17.6 Å². The number of pyridine rings is 1. The van der Waals surface area contributed by atoms with Gasteiger partial charge in [-0.25, -0.2) is 4.79 Å². The number of rotatable bonds is 2. The number of benzene rings is 1. The molecule has 0 radical (unpaired) electrons. The predicted octanol–water partition coefficient (Wildman–Crippen LogP) is 2.28. The number of aromatic nitrogens is 1. The van der Waals surface area contributed by atoms with Crippen molar-refractivity contribution < 1.29 is 14.3 Å². The molecule has 0 N–H and O–H groups in total. The Morgan fingerprint density at radius 2 is 1.75 bits per heavy atom. The molecule has 2 aromatic rings. The number of carbonyl (C=O) groups is 1. The van der Waals surface area contributed by atoms with Crippen LogP contribution in [0.25, 0.3) is 0 Å². The second kappa shape index (κ2) is 6.39. The first-order valence-corrected chi connectivity index (χ1v) is 5.93. The van der Waals surface area contributed by atoms with Crippen molar-refractivity contribution >= 4 is 5.97 Å². The van der Waals surface area contributed by atoms with Crippen LogP contribution in [0.2, 0.25) is 0 Å². The molecule has 0 spiro atoms. The lowest BCUT2D eigenvalue weighted by Crippen LogP contribution is -2.04. The number of methoxy groups -OCH3 is 2. The summed E-state index contributed by atoms with van der Waals surface area (Å²) >= 11 is 0. The van der Waals surface area contributed by atoms with Gasteiger partial charge in [0.15, 0.2) is 0 Å². The monoisotopic (exact) mass is 267 g/mol. The SMILES string of the molecule is COC(=O)c1ccc(C#Cc2ccncc2)cc1OC. The number of hydrogen-bond donors (Lipinski definition) is 0. The third-order valence-corrected chi connectivity index (χ3v) is 2.64. The summed E-state index contributed by atoms with van der Waals surface area (Å²) in [6.45, 7) is 0. The molecule has 20 heavy (non-hydrogen) atoms. The normalized spacial score (nSPS) is 9.30. The number of hydrogen-bond acceptors (Lipinski definition) is 4. The van der Waals surface area contributed by atoms with E-state index in [2.05, 4.69) is 21.6 Å². The van der Waals surface area contributed by atoms with E-state index in [0.29, 0.717) is 11.3 Å². The predicted molar refractivity (Wildman–Crippen MR) is 74.6 cm³/mol. The summed E-state index contributed by atoms with van der Waals surface area (Å²) in [5.41, 5.74) is 2.01. The number of ether oxygens (including phenoxy) is 2. The average Bonchev–Trinajstić information content (AvgIpc) is 2.52. The molecular weight excluding hydrogens is 254 g/mol. The largest absolute Gasteiger partial charge is 0.496 e. The molecule has 0 aliphatic heterocycles. The molecule has 0 atom stereocenters. The fourth-order valence-electron chi connectivity index (χ4n) is 1.63. The Bertz CT molecular complexity index is 669. The molecule has 0 aliphatic rings. The van der Waals surface area contributed by atoms with Gasteiger partial charge in [0.1, 0.15) is 11.3 Å². The summed E-state index contributed by atoms with van der Waals surface area (Å²) in [6, 6.07) is 8.75. The van der Waals surface area contributed by atoms with E-state index in [-0.39, 0.29) is 0 Å². The Labute approximate surface area is 117 Å². The highest BCUT2D eigenvalue weighted by Gasteiger charge is 2.12. The number of carbonyl (C=O) groups excluding carboxylic acids is 1. The quantitative estimate of drug-likeness (QED) is 0.618. The van der Waals surface area contributed by atoms with E-state index < -0.39 is 5.97 Å². The zero-order valence-electron chi connectivity index (χ0n) is 11.2. The molecule has 4 heteroatoms. The fourth-order valence-corrected chi connectivity index (χ4v) is 1.63. The van der Waals surface area contributed by atoms with E-state index >= 15 is 0 Å². The summed E-state index contributed by atoms with van der Waals surface area (Å²) in [5.74, 6) is 6.03. The van der Waals surface area contributed by atoms with Crippen molar-refractivity contribution in [2.45, 2.75) is 0 Å². The summed E-state index contributed by atoms with van der Waals surface area (Å²) in [6.07, 6.45) is 3.37. The molecule has 100 valence electrons. The Kier molecular flexibility index (Phi) is 4.35. The van der Waals surface area contributed by atoms with E-state index in [1.807, 2.05) is 12.1 Å². The Hall–Kier alpha value is -2.80. The van der Waals surface area contributed by atoms with E-state index in [4.69, 9.17) is 4.74 Å². The van der Waals surface area contributed by atoms with Crippen molar-refractivity contribution in [2.24, 2.45) is 0 Å². The number of esters is 1. The van der Waals surface area contributed by atoms with Crippen LogP contribution in [0, 0.1) is 11.8 Å². The van der Waals surface area contributed by atoms with Crippen LogP contribution in [0.1, 0.15) is 21.5 Å². The van der Waals surface area contributed by atoms with Gasteiger partial charge in [-0.15, -0.1) is 0 Å². The van der Waals surface area contributed by atoms with Gasteiger partial charge in [-0.05, 0) is 30.3 Å². The molecular formula is C16H13NO3. The fraction of sp³-hybridized carbons (Fsp3) is 0.125. The van der Waals surface area contributed by atoms with Crippen molar-refractivity contribution in [3.05, 3.63) is 59.4 Å². The molecule has 0 unspecified atom stereocenters. The van der Waals surface area contributed by atoms with Crippen LogP contribution >= 0.6 is 0 Å². The minimum atomic E-state index is -0.435. The smallest absolute Gasteiger partial charge is 0.341 e. The van der Waals surface area contributed by atoms with Gasteiger partial charge in [0.2, 0.25) is 0 Å². The second-order valence-corrected chi connectivity index (χ2v) is 3.89. The first-order valence-electron chi connectivity index (χ1n) is 5.93. The maximum atomic E-state index is 11.5. The standard InChI is InChI=1S/C16H13NO3/c1-19-15-11-13(5-6-14(15)16(18)20-2)4-3-12-7-9-17-10-8-12/h5-11H,1-2H3. The number of nitrogens with zero attached hydrogens (tertiary/aromatic N) is 1. The van der Waals surface area contributed by atoms with Gasteiger partial charge < -0.3 is 9.47 Å². The van der Waals surface area contributed by atoms with E-state index in [1.165, 1.54) is 14.2 Å². The van der Waals surface area contributed by atoms with E-state index in [0.717, 1.165) is 11.1 Å². The van der Waals surface area contributed by atoms with Gasteiger partial charge in [0.05, 0.1) is 14.2 Å². The van der Waals surface area contributed by atoms with Crippen molar-refractivity contribution in [1.29, 1.82) is 0 Å². The highest BCUT2D eigenvalue weighted by Crippen LogP contribution is 2.20. The molecule has 1 aromatic carbocycles. The molecule has 2 rings (SSSR count). The lowest BCUT2D eigenvalue weighted by Gasteiger charge is -2.06. The molecule has 0 bridgehead atoms. The average molecular weight is 267 g/mol. The molecule has 1 heterocycles. The molecule has 1 aromatic heterocycles. The van der Waals surface area contributed by atoms with E-state index in [1.54, 1.807) is 30.6 Å². The van der Waals surface area contributed by atoms with Gasteiger partial charge in [0, 0.05) is 23.5 Å². The van der Waals surface area contributed by atoms with Gasteiger partial charge in [-0.3, -0.25) is 4.98 Å². The first kappa shape index (κ1) is 13.6. The van der Waals surface area contributed by atoms with Gasteiger partial charge in [0.25, 0.3) is 0 Å². The Balaban J connectivity index is 2.31. The molecule has 0 fully saturated rings. The third-order valence-electron chi connectivity index (χ3n) is 2.64. The van der Waals surface area contributed by atoms with Crippen LogP contribution in [0.5, 0.6) is 5.75 Å². The summed E-state index contributed by atoms with van der Waals surface area (Å²) < 4.78 is 9.87. The van der Waals surface area contributed by atoms with Crippen LogP contribution in [0.3, 0.4) is 0 Å². The zero-order chi connectivity index (χ0) is 14.4. The third kappa shape index (κ3) is 3.15. The highest BCUT2D eigenvalue weighted by molar-refractivity contribution is 5.92. The van der Waals surface area contributed by atoms with Gasteiger partial charge in [-0.1, -0.05) is 11.8 Å². The van der Waals surface area contributed by atoms with Crippen LogP contribution in [-0.2, 0) is 4.74 Å². The molecule has 0 amide bonds. The maximum absolute atomic E-state index is 11.5. The Morgan fingerprint density at radius 3 is 2.40 bits per heavy atom.